The van der Waals surface area contributed by atoms with Gasteiger partial charge in [0.2, 0.25) is 0 Å². The average molecular weight is 248 g/mol. The summed E-state index contributed by atoms with van der Waals surface area (Å²) in [5.74, 6) is 0. The van der Waals surface area contributed by atoms with Crippen LogP contribution < -0.4 is 5.32 Å². The molecule has 0 saturated heterocycles. The van der Waals surface area contributed by atoms with Crippen LogP contribution in [0.3, 0.4) is 0 Å². The van der Waals surface area contributed by atoms with Crippen molar-refractivity contribution >= 4 is 22.7 Å². The Morgan fingerprint density at radius 3 is 2.81 bits per heavy atom. The third-order valence-electron chi connectivity index (χ3n) is 2.36. The van der Waals surface area contributed by atoms with Gasteiger partial charge in [-0.25, -0.2) is 0 Å². The molecule has 2 aromatic rings. The second-order valence-corrected chi connectivity index (χ2v) is 5.34. The lowest BCUT2D eigenvalue weighted by Gasteiger charge is -2.02. The molecule has 0 fully saturated rings. The van der Waals surface area contributed by atoms with Crippen LogP contribution in [0.2, 0.25) is 0 Å². The van der Waals surface area contributed by atoms with Gasteiger partial charge >= 0.3 is 0 Å². The lowest BCUT2D eigenvalue weighted by atomic mass is 10.2. The molecule has 2 heterocycles. The van der Waals surface area contributed by atoms with Gasteiger partial charge in [-0.15, -0.1) is 11.3 Å². The molecule has 2 rings (SSSR count). The van der Waals surface area contributed by atoms with Gasteiger partial charge in [-0.2, -0.15) is 16.6 Å². The largest absolute Gasteiger partial charge is 0.308 e. The zero-order valence-electron chi connectivity index (χ0n) is 8.99. The third kappa shape index (κ3) is 2.70. The minimum absolute atomic E-state index is 0.758. The molecule has 0 radical (unpaired) electrons. The number of nitrogens with zero attached hydrogens (tertiary/aromatic N) is 1. The van der Waals surface area contributed by atoms with Crippen molar-refractivity contribution in [2.24, 2.45) is 0 Å². The Balaban J connectivity index is 1.85. The monoisotopic (exact) mass is 248 g/mol. The van der Waals surface area contributed by atoms with Crippen molar-refractivity contribution in [1.29, 1.82) is 5.26 Å². The van der Waals surface area contributed by atoms with Gasteiger partial charge < -0.3 is 5.32 Å². The second-order valence-electron chi connectivity index (χ2n) is 3.60. The van der Waals surface area contributed by atoms with Gasteiger partial charge in [-0.1, -0.05) is 0 Å². The van der Waals surface area contributed by atoms with Gasteiger partial charge in [-0.3, -0.25) is 0 Å². The molecule has 0 spiro atoms. The highest BCUT2D eigenvalue weighted by molar-refractivity contribution is 7.10. The first-order valence-corrected chi connectivity index (χ1v) is 6.81. The van der Waals surface area contributed by atoms with E-state index in [0.717, 1.165) is 18.7 Å². The number of aryl methyl sites for hydroxylation is 1. The van der Waals surface area contributed by atoms with E-state index in [1.807, 2.05) is 11.4 Å². The van der Waals surface area contributed by atoms with Gasteiger partial charge in [0, 0.05) is 23.3 Å². The quantitative estimate of drug-likeness (QED) is 0.901. The molecule has 82 valence electrons. The summed E-state index contributed by atoms with van der Waals surface area (Å²) >= 11 is 3.37. The fourth-order valence-corrected chi connectivity index (χ4v) is 3.06. The summed E-state index contributed by atoms with van der Waals surface area (Å²) in [5, 5.41) is 18.3. The van der Waals surface area contributed by atoms with Crippen LogP contribution in [0.15, 0.2) is 22.2 Å². The van der Waals surface area contributed by atoms with E-state index in [9.17, 15) is 0 Å². The van der Waals surface area contributed by atoms with E-state index in [0.29, 0.717) is 0 Å². The molecule has 0 aromatic carbocycles. The van der Waals surface area contributed by atoms with Gasteiger partial charge in [0.05, 0.1) is 5.56 Å². The number of nitriles is 1. The molecule has 0 atom stereocenters. The zero-order valence-corrected chi connectivity index (χ0v) is 10.6. The fraction of sp³-hybridized carbons (Fsp3) is 0.250. The summed E-state index contributed by atoms with van der Waals surface area (Å²) in [7, 11) is 0. The smallest absolute Gasteiger partial charge is 0.100 e. The molecule has 0 bridgehead atoms. The minimum Gasteiger partial charge on any atom is -0.308 e. The molecule has 4 heteroatoms. The van der Waals surface area contributed by atoms with Crippen molar-refractivity contribution in [1.82, 2.24) is 5.32 Å². The van der Waals surface area contributed by atoms with Crippen LogP contribution in [-0.4, -0.2) is 0 Å². The van der Waals surface area contributed by atoms with Crippen molar-refractivity contribution in [3.63, 3.8) is 0 Å². The lowest BCUT2D eigenvalue weighted by Crippen LogP contribution is -2.11. The molecule has 1 N–H and O–H groups in total. The summed E-state index contributed by atoms with van der Waals surface area (Å²) in [6.45, 7) is 3.86. The highest BCUT2D eigenvalue weighted by atomic mass is 32.1. The summed E-state index contributed by atoms with van der Waals surface area (Å²) in [6.07, 6.45) is 0. The minimum atomic E-state index is 0.758. The Labute approximate surface area is 103 Å². The van der Waals surface area contributed by atoms with Gasteiger partial charge in [0.25, 0.3) is 0 Å². The second kappa shape index (κ2) is 5.26. The SMILES string of the molecule is Cc1cscc1CNCc1cc(C#N)cs1. The maximum Gasteiger partial charge on any atom is 0.100 e. The zero-order chi connectivity index (χ0) is 11.4. The summed E-state index contributed by atoms with van der Waals surface area (Å²) in [5.41, 5.74) is 3.47. The molecular weight excluding hydrogens is 236 g/mol. The van der Waals surface area contributed by atoms with E-state index in [1.165, 1.54) is 16.0 Å². The molecule has 0 aliphatic rings. The molecule has 0 saturated carbocycles. The van der Waals surface area contributed by atoms with E-state index in [1.54, 1.807) is 22.7 Å². The van der Waals surface area contributed by atoms with Crippen LogP contribution in [0.4, 0.5) is 0 Å². The van der Waals surface area contributed by atoms with E-state index < -0.39 is 0 Å². The summed E-state index contributed by atoms with van der Waals surface area (Å²) < 4.78 is 0. The Bertz CT molecular complexity index is 505. The van der Waals surface area contributed by atoms with Crippen molar-refractivity contribution in [3.8, 4) is 6.07 Å². The van der Waals surface area contributed by atoms with Crippen molar-refractivity contribution in [3.05, 3.63) is 43.8 Å². The highest BCUT2D eigenvalue weighted by Gasteiger charge is 2.01. The Kier molecular flexibility index (Phi) is 3.73. The lowest BCUT2D eigenvalue weighted by molar-refractivity contribution is 0.700. The topological polar surface area (TPSA) is 35.8 Å². The first-order chi connectivity index (χ1) is 7.79. The number of rotatable bonds is 4. The molecule has 0 unspecified atom stereocenters. The molecule has 2 aromatic heterocycles. The first-order valence-electron chi connectivity index (χ1n) is 4.99. The first kappa shape index (κ1) is 11.3. The van der Waals surface area contributed by atoms with Crippen LogP contribution in [0.5, 0.6) is 0 Å². The summed E-state index contributed by atoms with van der Waals surface area (Å²) in [6, 6.07) is 4.09. The molecular formula is C12H12N2S2. The Hall–Kier alpha value is -1.15. The van der Waals surface area contributed by atoms with E-state index in [-0.39, 0.29) is 0 Å². The predicted octanol–water partition coefficient (Wildman–Crippen LogP) is 3.28. The highest BCUT2D eigenvalue weighted by Crippen LogP contribution is 2.15. The standard InChI is InChI=1S/C12H12N2S2/c1-9-6-15-8-11(9)4-14-5-12-2-10(3-13)7-16-12/h2,6-8,14H,4-5H2,1H3. The molecule has 0 aliphatic heterocycles. The van der Waals surface area contributed by atoms with Gasteiger partial charge in [0.15, 0.2) is 0 Å². The van der Waals surface area contributed by atoms with Crippen molar-refractivity contribution in [2.75, 3.05) is 0 Å². The maximum atomic E-state index is 8.70. The van der Waals surface area contributed by atoms with E-state index in [4.69, 9.17) is 5.26 Å². The number of hydrogen-bond acceptors (Lipinski definition) is 4. The Morgan fingerprint density at radius 1 is 1.31 bits per heavy atom. The molecule has 0 aliphatic carbocycles. The predicted molar refractivity (Wildman–Crippen MR) is 68.6 cm³/mol. The van der Waals surface area contributed by atoms with Crippen LogP contribution in [0.25, 0.3) is 0 Å². The maximum absolute atomic E-state index is 8.70. The normalized spacial score (nSPS) is 10.2. The molecule has 0 amide bonds. The van der Waals surface area contributed by atoms with Crippen molar-refractivity contribution in [2.45, 2.75) is 20.0 Å². The van der Waals surface area contributed by atoms with Crippen LogP contribution >= 0.6 is 22.7 Å². The van der Waals surface area contributed by atoms with E-state index >= 15 is 0 Å². The van der Waals surface area contributed by atoms with Crippen LogP contribution in [0.1, 0.15) is 21.6 Å². The number of thiophene rings is 2. The van der Waals surface area contributed by atoms with Crippen molar-refractivity contribution < 1.29 is 0 Å². The Morgan fingerprint density at radius 2 is 2.19 bits per heavy atom. The van der Waals surface area contributed by atoms with Crippen LogP contribution in [-0.2, 0) is 13.1 Å². The average Bonchev–Trinajstić information content (AvgIpc) is 2.89. The van der Waals surface area contributed by atoms with Gasteiger partial charge in [0.1, 0.15) is 6.07 Å². The summed E-state index contributed by atoms with van der Waals surface area (Å²) in [4.78, 5) is 1.21. The van der Waals surface area contributed by atoms with Gasteiger partial charge in [-0.05, 0) is 34.9 Å². The van der Waals surface area contributed by atoms with E-state index in [2.05, 4.69) is 29.1 Å². The fourth-order valence-electron chi connectivity index (χ4n) is 1.42. The van der Waals surface area contributed by atoms with Crippen LogP contribution in [0, 0.1) is 18.3 Å². The molecule has 16 heavy (non-hydrogen) atoms. The number of nitrogens with one attached hydrogen (secondary N) is 1. The molecule has 2 nitrogen and oxygen atoms in total. The third-order valence-corrected chi connectivity index (χ3v) is 4.21. The number of hydrogen-bond donors (Lipinski definition) is 1.